The maximum absolute atomic E-state index is 12.5. The van der Waals surface area contributed by atoms with Crippen LogP contribution in [0, 0.1) is 0 Å². The zero-order valence-corrected chi connectivity index (χ0v) is 16.8. The van der Waals surface area contributed by atoms with Crippen LogP contribution >= 0.6 is 11.6 Å². The third kappa shape index (κ3) is 4.21. The highest BCUT2D eigenvalue weighted by atomic mass is 35.5. The van der Waals surface area contributed by atoms with E-state index < -0.39 is 0 Å². The molecule has 2 N–H and O–H groups in total. The molecule has 1 saturated heterocycles. The van der Waals surface area contributed by atoms with Crippen LogP contribution in [0.25, 0.3) is 11.0 Å². The van der Waals surface area contributed by atoms with E-state index in [1.165, 1.54) is 5.56 Å². The molecule has 0 aliphatic carbocycles. The molecule has 0 bridgehead atoms. The molecule has 1 aliphatic heterocycles. The molecule has 2 heterocycles. The van der Waals surface area contributed by atoms with Gasteiger partial charge in [0.05, 0.1) is 17.6 Å². The summed E-state index contributed by atoms with van der Waals surface area (Å²) in [5, 5.41) is 3.78. The van der Waals surface area contributed by atoms with Gasteiger partial charge in [-0.2, -0.15) is 0 Å². The van der Waals surface area contributed by atoms with Crippen molar-refractivity contribution in [2.45, 2.75) is 32.1 Å². The van der Waals surface area contributed by atoms with Crippen molar-refractivity contribution >= 4 is 34.2 Å². The number of fused-ring (bicyclic) bond motifs is 1. The summed E-state index contributed by atoms with van der Waals surface area (Å²) in [6.45, 7) is 4.32. The number of hydrogen-bond donors (Lipinski definition) is 2. The van der Waals surface area contributed by atoms with E-state index in [0.29, 0.717) is 17.5 Å². The van der Waals surface area contributed by atoms with Gasteiger partial charge in [0, 0.05) is 16.6 Å². The molecule has 28 heavy (non-hydrogen) atoms. The molecule has 0 unspecified atom stereocenters. The van der Waals surface area contributed by atoms with Gasteiger partial charge in [-0.3, -0.25) is 9.69 Å². The molecular formula is C22H25ClN4O. The Morgan fingerprint density at radius 3 is 2.82 bits per heavy atom. The summed E-state index contributed by atoms with van der Waals surface area (Å²) in [6, 6.07) is 13.7. The number of rotatable bonds is 5. The predicted molar refractivity (Wildman–Crippen MR) is 114 cm³/mol. The van der Waals surface area contributed by atoms with Crippen molar-refractivity contribution in [3.05, 3.63) is 58.9 Å². The number of carbonyl (C=O) groups excluding carboxylic acids is 1. The number of likely N-dealkylation sites (tertiary alicyclic amines) is 1. The maximum atomic E-state index is 12.5. The summed E-state index contributed by atoms with van der Waals surface area (Å²) in [6.07, 6.45) is 2.89. The summed E-state index contributed by atoms with van der Waals surface area (Å²) < 4.78 is 0. The number of aromatic amines is 1. The highest BCUT2D eigenvalue weighted by Gasteiger charge is 2.24. The molecule has 0 saturated carbocycles. The highest BCUT2D eigenvalue weighted by molar-refractivity contribution is 6.31. The molecule has 6 heteroatoms. The van der Waals surface area contributed by atoms with Gasteiger partial charge < -0.3 is 10.3 Å². The standard InChI is InChI=1S/C22H25ClN4O/c1-2-15-5-3-4-6-18(15)24-21(28)14-27-11-9-16(10-12-27)22-25-19-8-7-17(23)13-20(19)26-22/h3-8,13,16H,2,9-12,14H2,1H3,(H,24,28)(H,25,26). The van der Waals surface area contributed by atoms with Gasteiger partial charge in [0.15, 0.2) is 0 Å². The number of nitrogens with one attached hydrogen (secondary N) is 2. The molecule has 0 spiro atoms. The van der Waals surface area contributed by atoms with Crippen LogP contribution in [-0.2, 0) is 11.2 Å². The largest absolute Gasteiger partial charge is 0.342 e. The zero-order chi connectivity index (χ0) is 19.5. The monoisotopic (exact) mass is 396 g/mol. The fourth-order valence-electron chi connectivity index (χ4n) is 3.90. The molecule has 3 aromatic rings. The normalized spacial score (nSPS) is 15.8. The Labute approximate surface area is 170 Å². The minimum absolute atomic E-state index is 0.0535. The number of aromatic nitrogens is 2. The lowest BCUT2D eigenvalue weighted by Gasteiger charge is -2.30. The van der Waals surface area contributed by atoms with E-state index in [-0.39, 0.29) is 5.91 Å². The van der Waals surface area contributed by atoms with Crippen molar-refractivity contribution in [1.82, 2.24) is 14.9 Å². The minimum atomic E-state index is 0.0535. The molecule has 2 aromatic carbocycles. The van der Waals surface area contributed by atoms with Crippen molar-refractivity contribution in [3.8, 4) is 0 Å². The van der Waals surface area contributed by atoms with Crippen LogP contribution in [0.15, 0.2) is 42.5 Å². The Morgan fingerprint density at radius 1 is 1.25 bits per heavy atom. The van der Waals surface area contributed by atoms with Crippen molar-refractivity contribution in [3.63, 3.8) is 0 Å². The average Bonchev–Trinajstić information content (AvgIpc) is 3.12. The van der Waals surface area contributed by atoms with E-state index in [0.717, 1.165) is 54.9 Å². The Hall–Kier alpha value is -2.37. The van der Waals surface area contributed by atoms with E-state index in [4.69, 9.17) is 16.6 Å². The number of carbonyl (C=O) groups is 1. The van der Waals surface area contributed by atoms with Gasteiger partial charge in [-0.1, -0.05) is 36.7 Å². The number of hydrogen-bond acceptors (Lipinski definition) is 3. The van der Waals surface area contributed by atoms with E-state index in [2.05, 4.69) is 28.2 Å². The van der Waals surface area contributed by atoms with Gasteiger partial charge in [0.2, 0.25) is 5.91 Å². The molecule has 1 aromatic heterocycles. The van der Waals surface area contributed by atoms with Crippen molar-refractivity contribution in [1.29, 1.82) is 0 Å². The molecule has 1 fully saturated rings. The van der Waals surface area contributed by atoms with E-state index >= 15 is 0 Å². The molecule has 4 rings (SSSR count). The van der Waals surface area contributed by atoms with E-state index in [1.807, 2.05) is 36.4 Å². The summed E-state index contributed by atoms with van der Waals surface area (Å²) in [5.41, 5.74) is 4.03. The van der Waals surface area contributed by atoms with Crippen molar-refractivity contribution < 1.29 is 4.79 Å². The van der Waals surface area contributed by atoms with Gasteiger partial charge in [-0.05, 0) is 62.2 Å². The van der Waals surface area contributed by atoms with Crippen LogP contribution < -0.4 is 5.32 Å². The van der Waals surface area contributed by atoms with Crippen LogP contribution in [0.2, 0.25) is 5.02 Å². The first-order chi connectivity index (χ1) is 13.6. The number of para-hydroxylation sites is 1. The number of halogens is 1. The second-order valence-electron chi connectivity index (χ2n) is 7.39. The number of imidazole rings is 1. The number of nitrogens with zero attached hydrogens (tertiary/aromatic N) is 2. The number of amides is 1. The fourth-order valence-corrected chi connectivity index (χ4v) is 4.07. The Morgan fingerprint density at radius 2 is 2.04 bits per heavy atom. The van der Waals surface area contributed by atoms with Gasteiger partial charge in [0.25, 0.3) is 0 Å². The molecule has 0 atom stereocenters. The lowest BCUT2D eigenvalue weighted by molar-refractivity contribution is -0.117. The molecule has 1 amide bonds. The molecule has 1 aliphatic rings. The molecule has 0 radical (unpaired) electrons. The van der Waals surface area contributed by atoms with Gasteiger partial charge >= 0.3 is 0 Å². The van der Waals surface area contributed by atoms with E-state index in [1.54, 1.807) is 0 Å². The van der Waals surface area contributed by atoms with Gasteiger partial charge in [-0.15, -0.1) is 0 Å². The summed E-state index contributed by atoms with van der Waals surface area (Å²) in [5.74, 6) is 1.47. The Kier molecular flexibility index (Phi) is 5.64. The van der Waals surface area contributed by atoms with Crippen LogP contribution in [0.3, 0.4) is 0 Å². The molecule has 5 nitrogen and oxygen atoms in total. The van der Waals surface area contributed by atoms with Crippen LogP contribution in [-0.4, -0.2) is 40.4 Å². The molecular weight excluding hydrogens is 372 g/mol. The predicted octanol–water partition coefficient (Wildman–Crippen LogP) is 4.60. The summed E-state index contributed by atoms with van der Waals surface area (Å²) in [7, 11) is 0. The zero-order valence-electron chi connectivity index (χ0n) is 16.0. The topological polar surface area (TPSA) is 61.0 Å². The number of H-pyrrole nitrogens is 1. The van der Waals surface area contributed by atoms with E-state index in [9.17, 15) is 4.79 Å². The van der Waals surface area contributed by atoms with Crippen LogP contribution in [0.1, 0.15) is 37.1 Å². The maximum Gasteiger partial charge on any atom is 0.238 e. The number of anilines is 1. The first-order valence-electron chi connectivity index (χ1n) is 9.87. The number of aryl methyl sites for hydroxylation is 1. The van der Waals surface area contributed by atoms with Gasteiger partial charge in [0.1, 0.15) is 5.82 Å². The lowest BCUT2D eigenvalue weighted by Crippen LogP contribution is -2.39. The van der Waals surface area contributed by atoms with Gasteiger partial charge in [-0.25, -0.2) is 4.98 Å². The average molecular weight is 397 g/mol. The van der Waals surface area contributed by atoms with Crippen LogP contribution in [0.5, 0.6) is 0 Å². The smallest absolute Gasteiger partial charge is 0.238 e. The second kappa shape index (κ2) is 8.33. The lowest BCUT2D eigenvalue weighted by atomic mass is 9.96. The third-order valence-corrected chi connectivity index (χ3v) is 5.71. The Bertz CT molecular complexity index is 976. The Balaban J connectivity index is 1.33. The van der Waals surface area contributed by atoms with Crippen molar-refractivity contribution in [2.24, 2.45) is 0 Å². The minimum Gasteiger partial charge on any atom is -0.342 e. The quantitative estimate of drug-likeness (QED) is 0.662. The second-order valence-corrected chi connectivity index (χ2v) is 7.83. The molecule has 146 valence electrons. The van der Waals surface area contributed by atoms with Crippen molar-refractivity contribution in [2.75, 3.05) is 25.0 Å². The summed E-state index contributed by atoms with van der Waals surface area (Å²) in [4.78, 5) is 22.8. The first kappa shape index (κ1) is 19.0. The highest BCUT2D eigenvalue weighted by Crippen LogP contribution is 2.28. The first-order valence-corrected chi connectivity index (χ1v) is 10.3. The third-order valence-electron chi connectivity index (χ3n) is 5.48. The number of benzene rings is 2. The SMILES string of the molecule is CCc1ccccc1NC(=O)CN1CCC(c2nc3ccc(Cl)cc3[nH]2)CC1. The van der Waals surface area contributed by atoms with Crippen LogP contribution in [0.4, 0.5) is 5.69 Å². The fraction of sp³-hybridized carbons (Fsp3) is 0.364. The number of piperidine rings is 1. The summed E-state index contributed by atoms with van der Waals surface area (Å²) >= 11 is 6.07.